The number of fused-ring (bicyclic) bond motifs is 1. The van der Waals surface area contributed by atoms with E-state index >= 15 is 0 Å². The first-order chi connectivity index (χ1) is 13.1. The first-order valence-electron chi connectivity index (χ1n) is 9.53. The van der Waals surface area contributed by atoms with Crippen LogP contribution in [-0.2, 0) is 7.05 Å². The van der Waals surface area contributed by atoms with Gasteiger partial charge in [0.25, 0.3) is 0 Å². The van der Waals surface area contributed by atoms with Crippen molar-refractivity contribution in [3.8, 4) is 23.0 Å². The number of pyridine rings is 1. The summed E-state index contributed by atoms with van der Waals surface area (Å²) in [5.74, 6) is 1.18. The summed E-state index contributed by atoms with van der Waals surface area (Å²) in [5.41, 5.74) is 2.82. The van der Waals surface area contributed by atoms with Gasteiger partial charge in [-0.3, -0.25) is 4.68 Å². The SMILES string of the molecule is CCCCOc1ccc(-c2nn(C)c3cc(Br)ccc23)c(OCCCC)n1. The van der Waals surface area contributed by atoms with Gasteiger partial charge < -0.3 is 9.47 Å². The van der Waals surface area contributed by atoms with E-state index in [9.17, 15) is 0 Å². The summed E-state index contributed by atoms with van der Waals surface area (Å²) >= 11 is 3.53. The van der Waals surface area contributed by atoms with Crippen LogP contribution in [0, 0.1) is 0 Å². The molecule has 0 amide bonds. The van der Waals surface area contributed by atoms with E-state index in [-0.39, 0.29) is 0 Å². The lowest BCUT2D eigenvalue weighted by Gasteiger charge is -2.12. The number of benzene rings is 1. The van der Waals surface area contributed by atoms with Gasteiger partial charge in [0.2, 0.25) is 11.8 Å². The van der Waals surface area contributed by atoms with Crippen LogP contribution in [0.25, 0.3) is 22.2 Å². The highest BCUT2D eigenvalue weighted by Crippen LogP contribution is 2.35. The molecule has 27 heavy (non-hydrogen) atoms. The minimum atomic E-state index is 0.584. The predicted octanol–water partition coefficient (Wildman–Crippen LogP) is 5.76. The number of unbranched alkanes of at least 4 members (excludes halogenated alkanes) is 2. The standard InChI is InChI=1S/C21H26BrN3O2/c1-4-6-12-26-19-11-10-17(21(23-19)27-13-7-5-2)20-16-9-8-15(22)14-18(16)25(3)24-20/h8-11,14H,4-7,12-13H2,1-3H3. The van der Waals surface area contributed by atoms with Crippen LogP contribution in [0.4, 0.5) is 0 Å². The van der Waals surface area contributed by atoms with Gasteiger partial charge in [0, 0.05) is 23.0 Å². The van der Waals surface area contributed by atoms with E-state index in [2.05, 4.69) is 46.9 Å². The largest absolute Gasteiger partial charge is 0.478 e. The number of rotatable bonds is 9. The van der Waals surface area contributed by atoms with E-state index in [0.717, 1.165) is 52.3 Å². The van der Waals surface area contributed by atoms with Gasteiger partial charge in [-0.1, -0.05) is 42.6 Å². The molecular weight excluding hydrogens is 406 g/mol. The Morgan fingerprint density at radius 2 is 1.74 bits per heavy atom. The molecular formula is C21H26BrN3O2. The van der Waals surface area contributed by atoms with Crippen molar-refractivity contribution in [2.75, 3.05) is 13.2 Å². The summed E-state index contributed by atoms with van der Waals surface area (Å²) in [6.45, 7) is 5.58. The molecule has 2 heterocycles. The van der Waals surface area contributed by atoms with E-state index in [4.69, 9.17) is 14.6 Å². The van der Waals surface area contributed by atoms with Crippen LogP contribution < -0.4 is 9.47 Å². The van der Waals surface area contributed by atoms with Gasteiger partial charge in [-0.05, 0) is 37.1 Å². The smallest absolute Gasteiger partial charge is 0.226 e. The molecule has 0 fully saturated rings. The molecule has 0 atom stereocenters. The molecule has 0 saturated heterocycles. The number of hydrogen-bond donors (Lipinski definition) is 0. The molecule has 0 unspecified atom stereocenters. The monoisotopic (exact) mass is 431 g/mol. The summed E-state index contributed by atoms with van der Waals surface area (Å²) in [6.07, 6.45) is 4.16. The average Bonchev–Trinajstić information content (AvgIpc) is 2.98. The number of aromatic nitrogens is 3. The number of ether oxygens (including phenoxy) is 2. The highest BCUT2D eigenvalue weighted by Gasteiger charge is 2.17. The lowest BCUT2D eigenvalue weighted by molar-refractivity contribution is 0.274. The molecule has 0 N–H and O–H groups in total. The molecule has 5 nitrogen and oxygen atoms in total. The van der Waals surface area contributed by atoms with Crippen molar-refractivity contribution in [1.29, 1.82) is 0 Å². The van der Waals surface area contributed by atoms with Crippen molar-refractivity contribution in [2.24, 2.45) is 7.05 Å². The average molecular weight is 432 g/mol. The Morgan fingerprint density at radius 1 is 1.00 bits per heavy atom. The van der Waals surface area contributed by atoms with Crippen molar-refractivity contribution in [2.45, 2.75) is 39.5 Å². The third kappa shape index (κ3) is 4.61. The van der Waals surface area contributed by atoms with Gasteiger partial charge >= 0.3 is 0 Å². The van der Waals surface area contributed by atoms with Crippen LogP contribution in [-0.4, -0.2) is 28.0 Å². The fourth-order valence-corrected chi connectivity index (χ4v) is 3.21. The Balaban J connectivity index is 2.00. The maximum absolute atomic E-state index is 6.01. The minimum absolute atomic E-state index is 0.584. The van der Waals surface area contributed by atoms with Crippen molar-refractivity contribution < 1.29 is 9.47 Å². The summed E-state index contributed by atoms with van der Waals surface area (Å²) in [5, 5.41) is 5.80. The van der Waals surface area contributed by atoms with Crippen LogP contribution in [0.5, 0.6) is 11.8 Å². The molecule has 0 spiro atoms. The Bertz CT molecular complexity index is 908. The lowest BCUT2D eigenvalue weighted by atomic mass is 10.1. The first kappa shape index (κ1) is 19.7. The molecule has 144 valence electrons. The molecule has 3 aromatic rings. The van der Waals surface area contributed by atoms with Crippen molar-refractivity contribution in [3.63, 3.8) is 0 Å². The van der Waals surface area contributed by atoms with E-state index < -0.39 is 0 Å². The summed E-state index contributed by atoms with van der Waals surface area (Å²) in [6, 6.07) is 10.1. The zero-order valence-corrected chi connectivity index (χ0v) is 17.8. The van der Waals surface area contributed by atoms with Crippen LogP contribution in [0.3, 0.4) is 0 Å². The first-order valence-corrected chi connectivity index (χ1v) is 10.3. The second-order valence-corrected chi connectivity index (χ2v) is 7.46. The Morgan fingerprint density at radius 3 is 2.48 bits per heavy atom. The molecule has 2 aromatic heterocycles. The van der Waals surface area contributed by atoms with E-state index in [1.807, 2.05) is 29.9 Å². The minimum Gasteiger partial charge on any atom is -0.478 e. The second-order valence-electron chi connectivity index (χ2n) is 6.54. The predicted molar refractivity (Wildman–Crippen MR) is 112 cm³/mol. The molecule has 0 aliphatic carbocycles. The fraction of sp³-hybridized carbons (Fsp3) is 0.429. The molecule has 0 aliphatic heterocycles. The fourth-order valence-electron chi connectivity index (χ4n) is 2.86. The van der Waals surface area contributed by atoms with Gasteiger partial charge in [0.15, 0.2) is 0 Å². The van der Waals surface area contributed by atoms with Gasteiger partial charge in [0.1, 0.15) is 5.69 Å². The number of nitrogens with zero attached hydrogens (tertiary/aromatic N) is 3. The molecule has 0 bridgehead atoms. The van der Waals surface area contributed by atoms with E-state index in [0.29, 0.717) is 25.0 Å². The van der Waals surface area contributed by atoms with Gasteiger partial charge in [-0.15, -0.1) is 0 Å². The maximum Gasteiger partial charge on any atom is 0.226 e. The normalized spacial score (nSPS) is 11.1. The van der Waals surface area contributed by atoms with Crippen LogP contribution >= 0.6 is 15.9 Å². The molecule has 0 aliphatic rings. The maximum atomic E-state index is 6.01. The lowest BCUT2D eigenvalue weighted by Crippen LogP contribution is -2.04. The molecule has 6 heteroatoms. The van der Waals surface area contributed by atoms with Gasteiger partial charge in [0.05, 0.1) is 24.3 Å². The Hall–Kier alpha value is -2.08. The van der Waals surface area contributed by atoms with Crippen LogP contribution in [0.2, 0.25) is 0 Å². The van der Waals surface area contributed by atoms with Crippen LogP contribution in [0.1, 0.15) is 39.5 Å². The molecule has 1 aromatic carbocycles. The van der Waals surface area contributed by atoms with Crippen LogP contribution in [0.15, 0.2) is 34.8 Å². The zero-order chi connectivity index (χ0) is 19.2. The molecule has 0 radical (unpaired) electrons. The summed E-state index contributed by atoms with van der Waals surface area (Å²) in [4.78, 5) is 4.62. The summed E-state index contributed by atoms with van der Waals surface area (Å²) < 4.78 is 14.7. The third-order valence-electron chi connectivity index (χ3n) is 4.39. The van der Waals surface area contributed by atoms with Crippen molar-refractivity contribution >= 4 is 26.8 Å². The number of hydrogen-bond acceptors (Lipinski definition) is 4. The Labute approximate surface area is 168 Å². The number of aryl methyl sites for hydroxylation is 1. The zero-order valence-electron chi connectivity index (χ0n) is 16.2. The topological polar surface area (TPSA) is 49.2 Å². The second kappa shape index (κ2) is 9.22. The van der Waals surface area contributed by atoms with Gasteiger partial charge in [-0.2, -0.15) is 10.1 Å². The van der Waals surface area contributed by atoms with E-state index in [1.54, 1.807) is 0 Å². The van der Waals surface area contributed by atoms with Crippen molar-refractivity contribution in [1.82, 2.24) is 14.8 Å². The third-order valence-corrected chi connectivity index (χ3v) is 4.88. The number of halogens is 1. The van der Waals surface area contributed by atoms with E-state index in [1.165, 1.54) is 0 Å². The summed E-state index contributed by atoms with van der Waals surface area (Å²) in [7, 11) is 1.95. The van der Waals surface area contributed by atoms with Gasteiger partial charge in [-0.25, -0.2) is 0 Å². The quantitative estimate of drug-likeness (QED) is 0.404. The highest BCUT2D eigenvalue weighted by molar-refractivity contribution is 9.10. The molecule has 0 saturated carbocycles. The molecule has 3 rings (SSSR count). The Kier molecular flexibility index (Phi) is 6.72. The highest BCUT2D eigenvalue weighted by atomic mass is 79.9. The van der Waals surface area contributed by atoms with Crippen molar-refractivity contribution in [3.05, 3.63) is 34.8 Å².